The molecular formula is C12H9FO4. The number of phenols is 4. The van der Waals surface area contributed by atoms with Gasteiger partial charge in [-0.2, -0.15) is 0 Å². The van der Waals surface area contributed by atoms with Crippen molar-refractivity contribution in [1.29, 1.82) is 0 Å². The van der Waals surface area contributed by atoms with E-state index in [0.717, 1.165) is 12.1 Å². The van der Waals surface area contributed by atoms with Crippen molar-refractivity contribution in [1.82, 2.24) is 0 Å². The molecule has 4 N–H and O–H groups in total. The minimum Gasteiger partial charge on any atom is -0.508 e. The quantitative estimate of drug-likeness (QED) is 0.452. The Balaban J connectivity index is 2.69. The second-order valence-electron chi connectivity index (χ2n) is 3.50. The number of aromatic hydroxyl groups is 4. The highest BCUT2D eigenvalue weighted by atomic mass is 19.1. The zero-order valence-electron chi connectivity index (χ0n) is 8.55. The van der Waals surface area contributed by atoms with Gasteiger partial charge in [0.2, 0.25) is 0 Å². The van der Waals surface area contributed by atoms with E-state index in [2.05, 4.69) is 0 Å². The summed E-state index contributed by atoms with van der Waals surface area (Å²) in [7, 11) is 0. The molecule has 0 aromatic heterocycles. The highest BCUT2D eigenvalue weighted by Gasteiger charge is 2.16. The summed E-state index contributed by atoms with van der Waals surface area (Å²) in [5.41, 5.74) is -0.0912. The van der Waals surface area contributed by atoms with Gasteiger partial charge in [0.15, 0.2) is 17.3 Å². The monoisotopic (exact) mass is 236 g/mol. The van der Waals surface area contributed by atoms with Crippen molar-refractivity contribution in [3.63, 3.8) is 0 Å². The number of benzene rings is 2. The second-order valence-corrected chi connectivity index (χ2v) is 3.50. The van der Waals surface area contributed by atoms with Gasteiger partial charge in [0.05, 0.1) is 0 Å². The highest BCUT2D eigenvalue weighted by Crippen LogP contribution is 2.39. The molecule has 0 saturated carbocycles. The molecule has 0 amide bonds. The smallest absolute Gasteiger partial charge is 0.194 e. The molecule has 2 rings (SSSR count). The van der Waals surface area contributed by atoms with Crippen LogP contribution in [0.1, 0.15) is 0 Å². The van der Waals surface area contributed by atoms with Crippen molar-refractivity contribution in [3.8, 4) is 34.1 Å². The molecule has 88 valence electrons. The minimum atomic E-state index is -1.06. The van der Waals surface area contributed by atoms with Gasteiger partial charge in [-0.3, -0.25) is 0 Å². The lowest BCUT2D eigenvalue weighted by molar-refractivity contribution is 0.379. The van der Waals surface area contributed by atoms with Crippen LogP contribution in [0.25, 0.3) is 11.1 Å². The predicted molar refractivity (Wildman–Crippen MR) is 58.5 cm³/mol. The minimum absolute atomic E-state index is 0.0257. The molecule has 4 nitrogen and oxygen atoms in total. The van der Waals surface area contributed by atoms with E-state index in [4.69, 9.17) is 5.11 Å². The third kappa shape index (κ3) is 1.82. The molecule has 0 bridgehead atoms. The third-order valence-corrected chi connectivity index (χ3v) is 2.37. The molecule has 2 aromatic rings. The first-order valence-corrected chi connectivity index (χ1v) is 4.73. The van der Waals surface area contributed by atoms with Crippen LogP contribution >= 0.6 is 0 Å². The van der Waals surface area contributed by atoms with Gasteiger partial charge in [-0.1, -0.05) is 0 Å². The molecular weight excluding hydrogens is 227 g/mol. The molecule has 17 heavy (non-hydrogen) atoms. The summed E-state index contributed by atoms with van der Waals surface area (Å²) in [4.78, 5) is 0. The van der Waals surface area contributed by atoms with E-state index in [1.165, 1.54) is 18.2 Å². The number of phenolic OH excluding ortho intramolecular Hbond substituents is 4. The van der Waals surface area contributed by atoms with Crippen molar-refractivity contribution in [2.24, 2.45) is 0 Å². The Hall–Kier alpha value is -2.43. The molecule has 0 spiro atoms. The van der Waals surface area contributed by atoms with E-state index < -0.39 is 17.3 Å². The summed E-state index contributed by atoms with van der Waals surface area (Å²) >= 11 is 0. The number of hydrogen-bond donors (Lipinski definition) is 4. The van der Waals surface area contributed by atoms with Crippen molar-refractivity contribution in [2.45, 2.75) is 0 Å². The molecule has 0 saturated heterocycles. The Morgan fingerprint density at radius 1 is 0.765 bits per heavy atom. The van der Waals surface area contributed by atoms with Crippen molar-refractivity contribution >= 4 is 0 Å². The summed E-state index contributed by atoms with van der Waals surface area (Å²) in [5.74, 6) is -2.95. The zero-order valence-corrected chi connectivity index (χ0v) is 8.55. The summed E-state index contributed by atoms with van der Waals surface area (Å²) in [6, 6.07) is 5.89. The summed E-state index contributed by atoms with van der Waals surface area (Å²) in [5, 5.41) is 37.2. The number of halogens is 1. The first kappa shape index (κ1) is 11.1. The Labute approximate surface area is 95.8 Å². The maximum Gasteiger partial charge on any atom is 0.194 e. The lowest BCUT2D eigenvalue weighted by atomic mass is 10.0. The van der Waals surface area contributed by atoms with Gasteiger partial charge in [-0.05, 0) is 30.3 Å². The van der Waals surface area contributed by atoms with Crippen LogP contribution in [0.2, 0.25) is 0 Å². The summed E-state index contributed by atoms with van der Waals surface area (Å²) < 4.78 is 13.7. The van der Waals surface area contributed by atoms with Gasteiger partial charge >= 0.3 is 0 Å². The fourth-order valence-electron chi connectivity index (χ4n) is 1.50. The van der Waals surface area contributed by atoms with Crippen LogP contribution in [-0.2, 0) is 0 Å². The molecule has 0 heterocycles. The van der Waals surface area contributed by atoms with E-state index in [0.29, 0.717) is 0 Å². The van der Waals surface area contributed by atoms with Crippen molar-refractivity contribution < 1.29 is 24.8 Å². The van der Waals surface area contributed by atoms with Crippen LogP contribution in [0, 0.1) is 5.82 Å². The molecule has 0 unspecified atom stereocenters. The fraction of sp³-hybridized carbons (Fsp3) is 0. The molecule has 0 aliphatic rings. The van der Waals surface area contributed by atoms with Crippen LogP contribution in [0.15, 0.2) is 30.3 Å². The Morgan fingerprint density at radius 2 is 1.41 bits per heavy atom. The topological polar surface area (TPSA) is 80.9 Å². The van der Waals surface area contributed by atoms with E-state index in [1.807, 2.05) is 0 Å². The van der Waals surface area contributed by atoms with Gasteiger partial charge in [-0.15, -0.1) is 0 Å². The lowest BCUT2D eigenvalue weighted by Gasteiger charge is -2.08. The van der Waals surface area contributed by atoms with Crippen LogP contribution in [0.5, 0.6) is 23.0 Å². The normalized spacial score (nSPS) is 10.4. The largest absolute Gasteiger partial charge is 0.508 e. The average Bonchev–Trinajstić information content (AvgIpc) is 2.30. The fourth-order valence-corrected chi connectivity index (χ4v) is 1.50. The Morgan fingerprint density at radius 3 is 2.12 bits per heavy atom. The second kappa shape index (κ2) is 3.86. The maximum atomic E-state index is 13.7. The van der Waals surface area contributed by atoms with Gasteiger partial charge in [0.1, 0.15) is 11.5 Å². The van der Waals surface area contributed by atoms with Gasteiger partial charge in [0, 0.05) is 11.1 Å². The predicted octanol–water partition coefficient (Wildman–Crippen LogP) is 2.32. The van der Waals surface area contributed by atoms with Crippen molar-refractivity contribution in [3.05, 3.63) is 36.1 Å². The SMILES string of the molecule is Oc1ccc(O)c(-c2ccc(O)c(O)c2F)c1. The molecule has 0 aliphatic carbocycles. The number of hydrogen-bond acceptors (Lipinski definition) is 4. The summed E-state index contributed by atoms with van der Waals surface area (Å²) in [6.07, 6.45) is 0. The highest BCUT2D eigenvalue weighted by molar-refractivity contribution is 5.74. The number of rotatable bonds is 1. The van der Waals surface area contributed by atoms with Crippen LogP contribution in [0.4, 0.5) is 4.39 Å². The van der Waals surface area contributed by atoms with Crippen molar-refractivity contribution in [2.75, 3.05) is 0 Å². The molecule has 5 heteroatoms. The van der Waals surface area contributed by atoms with Crippen LogP contribution in [0.3, 0.4) is 0 Å². The molecule has 2 aromatic carbocycles. The Kier molecular flexibility index (Phi) is 2.51. The van der Waals surface area contributed by atoms with Gasteiger partial charge in [-0.25, -0.2) is 4.39 Å². The zero-order chi connectivity index (χ0) is 12.6. The molecule has 0 atom stereocenters. The maximum absolute atomic E-state index is 13.7. The lowest BCUT2D eigenvalue weighted by Crippen LogP contribution is -1.86. The molecule has 0 fully saturated rings. The third-order valence-electron chi connectivity index (χ3n) is 2.37. The molecule has 0 aliphatic heterocycles. The van der Waals surface area contributed by atoms with Gasteiger partial charge in [0.25, 0.3) is 0 Å². The van der Waals surface area contributed by atoms with Crippen LogP contribution < -0.4 is 0 Å². The van der Waals surface area contributed by atoms with Gasteiger partial charge < -0.3 is 20.4 Å². The average molecular weight is 236 g/mol. The first-order valence-electron chi connectivity index (χ1n) is 4.73. The van der Waals surface area contributed by atoms with E-state index in [1.54, 1.807) is 0 Å². The first-order chi connectivity index (χ1) is 8.00. The van der Waals surface area contributed by atoms with E-state index in [-0.39, 0.29) is 22.6 Å². The van der Waals surface area contributed by atoms with Crippen LogP contribution in [-0.4, -0.2) is 20.4 Å². The Bertz CT molecular complexity index is 581. The standard InChI is InChI=1S/C12H9FO4/c13-11-7(2-4-10(16)12(11)17)8-5-6(14)1-3-9(8)15/h1-5,14-17H. The summed E-state index contributed by atoms with van der Waals surface area (Å²) in [6.45, 7) is 0. The molecule has 0 radical (unpaired) electrons. The van der Waals surface area contributed by atoms with E-state index in [9.17, 15) is 19.7 Å². The van der Waals surface area contributed by atoms with E-state index >= 15 is 0 Å².